The van der Waals surface area contributed by atoms with Gasteiger partial charge in [-0.2, -0.15) is 0 Å². The van der Waals surface area contributed by atoms with Crippen molar-refractivity contribution < 1.29 is 19.2 Å². The normalized spacial score (nSPS) is 18.6. The predicted octanol–water partition coefficient (Wildman–Crippen LogP) is 3.47. The fraction of sp³-hybridized carbons (Fsp3) is 0.351. The molecule has 2 bridgehead atoms. The van der Waals surface area contributed by atoms with Gasteiger partial charge in [0.2, 0.25) is 11.8 Å². The minimum Gasteiger partial charge on any atom is -0.355 e. The zero-order valence-electron chi connectivity index (χ0n) is 27.8. The second kappa shape index (κ2) is 16.9. The number of nitrogens with one attached hydrogen (secondary N) is 3. The summed E-state index contributed by atoms with van der Waals surface area (Å²) in [5.41, 5.74) is 9.86. The number of benzene rings is 2. The molecule has 5 N–H and O–H groups in total. The largest absolute Gasteiger partial charge is 0.355 e. The lowest BCUT2D eigenvalue weighted by molar-refractivity contribution is -0.124. The van der Waals surface area contributed by atoms with Crippen molar-refractivity contribution in [1.29, 1.82) is 0 Å². The van der Waals surface area contributed by atoms with E-state index in [9.17, 15) is 19.2 Å². The molecule has 2 aromatic carbocycles. The highest BCUT2D eigenvalue weighted by Crippen LogP contribution is 2.22. The number of nitrogens with two attached hydrogens (primary N) is 1. The Labute approximate surface area is 290 Å². The van der Waals surface area contributed by atoms with Crippen LogP contribution in [-0.2, 0) is 28.9 Å². The molecular formula is C37H43N7O4S. The summed E-state index contributed by atoms with van der Waals surface area (Å²) in [6.45, 7) is 3.88. The third-order valence-electron chi connectivity index (χ3n) is 8.35. The van der Waals surface area contributed by atoms with Crippen LogP contribution in [0.2, 0.25) is 0 Å². The first-order valence-electron chi connectivity index (χ1n) is 16.6. The van der Waals surface area contributed by atoms with Crippen LogP contribution >= 0.6 is 11.3 Å². The van der Waals surface area contributed by atoms with Gasteiger partial charge in [-0.3, -0.25) is 24.2 Å². The Kier molecular flexibility index (Phi) is 12.2. The van der Waals surface area contributed by atoms with Crippen molar-refractivity contribution in [2.75, 3.05) is 19.6 Å². The Morgan fingerprint density at radius 1 is 1.00 bits per heavy atom. The first kappa shape index (κ1) is 35.4. The first-order valence-corrected chi connectivity index (χ1v) is 17.4. The lowest BCUT2D eigenvalue weighted by atomic mass is 10.0. The van der Waals surface area contributed by atoms with E-state index in [1.165, 1.54) is 22.4 Å². The molecule has 256 valence electrons. The predicted molar refractivity (Wildman–Crippen MR) is 189 cm³/mol. The fourth-order valence-electron chi connectivity index (χ4n) is 5.77. The number of hydrogen-bond acceptors (Lipinski definition) is 8. The van der Waals surface area contributed by atoms with Gasteiger partial charge in [-0.1, -0.05) is 74.5 Å². The number of thiazole rings is 1. The zero-order chi connectivity index (χ0) is 34.8. The number of aromatic nitrogens is 2. The van der Waals surface area contributed by atoms with E-state index in [0.717, 1.165) is 16.7 Å². The highest BCUT2D eigenvalue weighted by molar-refractivity contribution is 7.09. The van der Waals surface area contributed by atoms with Gasteiger partial charge in [-0.15, -0.1) is 11.3 Å². The molecule has 3 heterocycles. The molecule has 4 amide bonds. The minimum absolute atomic E-state index is 0.0271. The van der Waals surface area contributed by atoms with Crippen molar-refractivity contribution in [3.63, 3.8) is 0 Å². The fourth-order valence-corrected chi connectivity index (χ4v) is 6.56. The maximum Gasteiger partial charge on any atom is 0.273 e. The van der Waals surface area contributed by atoms with Crippen molar-refractivity contribution in [3.8, 4) is 0 Å². The molecule has 0 unspecified atom stereocenters. The number of amides is 4. The van der Waals surface area contributed by atoms with E-state index >= 15 is 0 Å². The molecule has 0 radical (unpaired) electrons. The molecule has 3 atom stereocenters. The summed E-state index contributed by atoms with van der Waals surface area (Å²) in [7, 11) is 0. The number of nitrogens with zero attached hydrogens (tertiary/aromatic N) is 3. The highest BCUT2D eigenvalue weighted by atomic mass is 32.1. The van der Waals surface area contributed by atoms with Gasteiger partial charge >= 0.3 is 0 Å². The molecule has 11 nitrogen and oxygen atoms in total. The van der Waals surface area contributed by atoms with Gasteiger partial charge in [0.25, 0.3) is 11.8 Å². The summed E-state index contributed by atoms with van der Waals surface area (Å²) in [5.74, 6) is -1.80. The summed E-state index contributed by atoms with van der Waals surface area (Å²) in [6, 6.07) is 19.3. The summed E-state index contributed by atoms with van der Waals surface area (Å²) in [4.78, 5) is 64.8. The molecule has 0 aliphatic carbocycles. The number of aryl methyl sites for hydroxylation is 1. The van der Waals surface area contributed by atoms with Gasteiger partial charge < -0.3 is 26.6 Å². The van der Waals surface area contributed by atoms with E-state index in [1.807, 2.05) is 74.5 Å². The number of rotatable bonds is 7. The zero-order valence-corrected chi connectivity index (χ0v) is 28.6. The molecule has 1 aliphatic rings. The lowest BCUT2D eigenvalue weighted by Gasteiger charge is -2.30. The third-order valence-corrected chi connectivity index (χ3v) is 9.32. The van der Waals surface area contributed by atoms with Gasteiger partial charge in [-0.25, -0.2) is 4.98 Å². The average molecular weight is 682 g/mol. The molecule has 1 aliphatic heterocycles. The average Bonchev–Trinajstić information content (AvgIpc) is 3.60. The number of hydrogen-bond donors (Lipinski definition) is 4. The molecule has 5 rings (SSSR count). The highest BCUT2D eigenvalue weighted by Gasteiger charge is 2.30. The van der Waals surface area contributed by atoms with Crippen molar-refractivity contribution in [3.05, 3.63) is 117 Å². The molecule has 4 aromatic rings. The van der Waals surface area contributed by atoms with Gasteiger partial charge in [-0.05, 0) is 54.4 Å². The Morgan fingerprint density at radius 2 is 1.71 bits per heavy atom. The molecule has 12 heteroatoms. The van der Waals surface area contributed by atoms with Crippen molar-refractivity contribution in [2.45, 2.75) is 57.7 Å². The smallest absolute Gasteiger partial charge is 0.273 e. The SMILES string of the molecule is CC(C)[C@H]1NC(=O)c2cncc(c2)CCCNC(=O)CN(C(=O)c2csc([C@@H](N)Cc3ccccc3)n2)C[C@@H](Cc2ccccc2)NC1=O. The molecule has 0 saturated carbocycles. The van der Waals surface area contributed by atoms with Crippen LogP contribution in [0.5, 0.6) is 0 Å². The van der Waals surface area contributed by atoms with E-state index in [4.69, 9.17) is 5.73 Å². The Morgan fingerprint density at radius 3 is 2.43 bits per heavy atom. The van der Waals surface area contributed by atoms with Gasteiger partial charge in [0, 0.05) is 30.9 Å². The third kappa shape index (κ3) is 10.0. The van der Waals surface area contributed by atoms with Crippen LogP contribution in [0.4, 0.5) is 0 Å². The van der Waals surface area contributed by atoms with Gasteiger partial charge in [0.1, 0.15) is 16.7 Å². The van der Waals surface area contributed by atoms with Crippen LogP contribution in [0.3, 0.4) is 0 Å². The molecule has 0 spiro atoms. The van der Waals surface area contributed by atoms with E-state index in [0.29, 0.717) is 42.8 Å². The van der Waals surface area contributed by atoms with Crippen molar-refractivity contribution in [1.82, 2.24) is 30.8 Å². The van der Waals surface area contributed by atoms with E-state index in [-0.39, 0.29) is 30.6 Å². The van der Waals surface area contributed by atoms with E-state index in [1.54, 1.807) is 17.6 Å². The summed E-state index contributed by atoms with van der Waals surface area (Å²) in [5, 5.41) is 11.2. The topological polar surface area (TPSA) is 159 Å². The Hall–Kier alpha value is -4.94. The summed E-state index contributed by atoms with van der Waals surface area (Å²) >= 11 is 1.30. The molecule has 49 heavy (non-hydrogen) atoms. The molecular weight excluding hydrogens is 639 g/mol. The van der Waals surface area contributed by atoms with Crippen LogP contribution in [0.1, 0.15) is 68.9 Å². The summed E-state index contributed by atoms with van der Waals surface area (Å²) < 4.78 is 0. The maximum atomic E-state index is 14.1. The number of carbonyl (C=O) groups is 4. The first-order chi connectivity index (χ1) is 23.7. The maximum absolute atomic E-state index is 14.1. The summed E-state index contributed by atoms with van der Waals surface area (Å²) in [6.07, 6.45) is 5.29. The number of carbonyl (C=O) groups excluding carboxylic acids is 4. The second-order valence-corrected chi connectivity index (χ2v) is 13.6. The van der Waals surface area contributed by atoms with E-state index in [2.05, 4.69) is 25.9 Å². The van der Waals surface area contributed by atoms with Crippen LogP contribution in [0.15, 0.2) is 84.5 Å². The number of pyridine rings is 1. The van der Waals surface area contributed by atoms with Crippen LogP contribution in [0.25, 0.3) is 0 Å². The molecule has 0 fully saturated rings. The lowest BCUT2D eigenvalue weighted by Crippen LogP contribution is -2.55. The standard InChI is InChI=1S/C37H43N7O4S/c1-24(2)33-35(47)41-29(17-25-10-5-3-6-11-25)21-44(22-32(45)40-15-9-14-27-16-28(20-39-19-27)34(46)43-33)37(48)31-23-49-36(42-31)30(38)18-26-12-7-4-8-13-26/h3-8,10-13,16,19-20,23-24,29-30,33H,9,14-15,17-18,21-22,38H2,1-2H3,(H,40,45)(H,41,47)(H,43,46)/t29-,30+,33-/m1/s1. The van der Waals surface area contributed by atoms with Gasteiger partial charge in [0.05, 0.1) is 24.2 Å². The van der Waals surface area contributed by atoms with Crippen LogP contribution < -0.4 is 21.7 Å². The quantitative estimate of drug-likeness (QED) is 0.233. The van der Waals surface area contributed by atoms with Crippen molar-refractivity contribution >= 4 is 35.0 Å². The second-order valence-electron chi connectivity index (χ2n) is 12.7. The molecule has 2 aromatic heterocycles. The van der Waals surface area contributed by atoms with Crippen LogP contribution in [0, 0.1) is 5.92 Å². The molecule has 0 saturated heterocycles. The van der Waals surface area contributed by atoms with Crippen molar-refractivity contribution in [2.24, 2.45) is 11.7 Å². The Balaban J connectivity index is 1.43. The van der Waals surface area contributed by atoms with Gasteiger partial charge in [0.15, 0.2) is 0 Å². The Bertz CT molecular complexity index is 1730. The monoisotopic (exact) mass is 681 g/mol. The van der Waals surface area contributed by atoms with E-state index < -0.39 is 35.8 Å². The number of fused-ring (bicyclic) bond motifs is 2. The minimum atomic E-state index is -0.857. The van der Waals surface area contributed by atoms with Crippen LogP contribution in [-0.4, -0.2) is 70.2 Å².